The van der Waals surface area contributed by atoms with Gasteiger partial charge in [-0.3, -0.25) is 4.79 Å². The van der Waals surface area contributed by atoms with Crippen molar-refractivity contribution < 1.29 is 23.8 Å². The van der Waals surface area contributed by atoms with Gasteiger partial charge in [0.05, 0.1) is 12.0 Å². The lowest BCUT2D eigenvalue weighted by Gasteiger charge is -2.17. The van der Waals surface area contributed by atoms with E-state index in [1.54, 1.807) is 42.5 Å². The topological polar surface area (TPSA) is 101 Å². The number of phenolic OH excluding ortho intramolecular Hbond substituents is 1. The van der Waals surface area contributed by atoms with Gasteiger partial charge in [-0.1, -0.05) is 37.1 Å². The maximum Gasteiger partial charge on any atom is 0.412 e. The standard InChI is InChI=1S/C30H33ClN2O6/c1-33(20-21-10-12-22(13-11-21)38-30(36)32-15-14-31)16-6-2-3-7-17-37-23-18-25(34)28-27(19-23)39-26-9-5-4-8-24(26)29(28)35/h4-5,8-13,18-19,34H,2-3,6-7,14-17,20H2,1H3,(H,32,36). The Morgan fingerprint density at radius 3 is 2.56 bits per heavy atom. The summed E-state index contributed by atoms with van der Waals surface area (Å²) < 4.78 is 16.9. The van der Waals surface area contributed by atoms with Gasteiger partial charge < -0.3 is 29.2 Å². The summed E-state index contributed by atoms with van der Waals surface area (Å²) in [6.45, 7) is 2.64. The predicted octanol–water partition coefficient (Wildman–Crippen LogP) is 6.05. The van der Waals surface area contributed by atoms with Crippen molar-refractivity contribution in [1.82, 2.24) is 10.2 Å². The second-order valence-corrected chi connectivity index (χ2v) is 9.77. The summed E-state index contributed by atoms with van der Waals surface area (Å²) in [5.74, 6) is 1.17. The highest BCUT2D eigenvalue weighted by Crippen LogP contribution is 2.30. The maximum atomic E-state index is 12.7. The van der Waals surface area contributed by atoms with E-state index in [1.807, 2.05) is 12.1 Å². The zero-order chi connectivity index (χ0) is 27.6. The molecule has 1 heterocycles. The fourth-order valence-corrected chi connectivity index (χ4v) is 4.43. The van der Waals surface area contributed by atoms with E-state index in [0.29, 0.717) is 47.1 Å². The average molecular weight is 553 g/mol. The van der Waals surface area contributed by atoms with Crippen LogP contribution >= 0.6 is 11.6 Å². The molecule has 2 N–H and O–H groups in total. The molecule has 4 aromatic rings. The quantitative estimate of drug-likeness (QED) is 0.118. The number of hydrogen-bond donors (Lipinski definition) is 2. The minimum atomic E-state index is -0.511. The molecule has 0 bridgehead atoms. The van der Waals surface area contributed by atoms with Crippen LogP contribution in [0.5, 0.6) is 17.2 Å². The largest absolute Gasteiger partial charge is 0.507 e. The zero-order valence-corrected chi connectivity index (χ0v) is 22.7. The molecule has 0 saturated heterocycles. The highest BCUT2D eigenvalue weighted by molar-refractivity contribution is 6.18. The van der Waals surface area contributed by atoms with Gasteiger partial charge in [-0.2, -0.15) is 0 Å². The normalized spacial score (nSPS) is 11.3. The summed E-state index contributed by atoms with van der Waals surface area (Å²) in [4.78, 5) is 26.6. The zero-order valence-electron chi connectivity index (χ0n) is 22.0. The van der Waals surface area contributed by atoms with E-state index >= 15 is 0 Å². The van der Waals surface area contributed by atoms with Crippen molar-refractivity contribution in [2.24, 2.45) is 0 Å². The van der Waals surface area contributed by atoms with E-state index in [-0.39, 0.29) is 16.6 Å². The van der Waals surface area contributed by atoms with Gasteiger partial charge in [-0.15, -0.1) is 11.6 Å². The predicted molar refractivity (Wildman–Crippen MR) is 153 cm³/mol. The first-order chi connectivity index (χ1) is 18.9. The van der Waals surface area contributed by atoms with Crippen molar-refractivity contribution in [1.29, 1.82) is 0 Å². The molecule has 0 spiro atoms. The van der Waals surface area contributed by atoms with Crippen LogP contribution in [0.2, 0.25) is 0 Å². The molecule has 0 fully saturated rings. The number of hydrogen-bond acceptors (Lipinski definition) is 7. The van der Waals surface area contributed by atoms with Gasteiger partial charge in [-0.05, 0) is 56.3 Å². The number of phenols is 1. The van der Waals surface area contributed by atoms with E-state index < -0.39 is 6.09 Å². The molecule has 0 saturated carbocycles. The van der Waals surface area contributed by atoms with Crippen molar-refractivity contribution in [3.8, 4) is 17.2 Å². The van der Waals surface area contributed by atoms with Crippen LogP contribution < -0.4 is 20.2 Å². The summed E-state index contributed by atoms with van der Waals surface area (Å²) in [6.07, 6.45) is 3.52. The molecular weight excluding hydrogens is 520 g/mol. The van der Waals surface area contributed by atoms with Crippen LogP contribution in [0.1, 0.15) is 31.2 Å². The van der Waals surface area contributed by atoms with Gasteiger partial charge in [0, 0.05) is 31.1 Å². The number of ether oxygens (including phenoxy) is 2. The van der Waals surface area contributed by atoms with E-state index in [4.69, 9.17) is 25.5 Å². The number of nitrogens with zero attached hydrogens (tertiary/aromatic N) is 1. The van der Waals surface area contributed by atoms with Gasteiger partial charge in [-0.25, -0.2) is 4.79 Å². The summed E-state index contributed by atoms with van der Waals surface area (Å²) in [6, 6.07) is 17.6. The Balaban J connectivity index is 1.15. The number of carbonyl (C=O) groups excluding carboxylic acids is 1. The van der Waals surface area contributed by atoms with Gasteiger partial charge in [0.2, 0.25) is 5.43 Å². The van der Waals surface area contributed by atoms with E-state index in [9.17, 15) is 14.7 Å². The Kier molecular flexibility index (Phi) is 10.1. The van der Waals surface area contributed by atoms with Gasteiger partial charge >= 0.3 is 6.09 Å². The molecule has 39 heavy (non-hydrogen) atoms. The molecule has 0 unspecified atom stereocenters. The molecule has 8 nitrogen and oxygen atoms in total. The molecule has 1 aromatic heterocycles. The minimum Gasteiger partial charge on any atom is -0.507 e. The highest BCUT2D eigenvalue weighted by atomic mass is 35.5. The Morgan fingerprint density at radius 2 is 1.77 bits per heavy atom. The number of para-hydroxylation sites is 1. The number of carbonyl (C=O) groups is 1. The smallest absolute Gasteiger partial charge is 0.412 e. The lowest BCUT2D eigenvalue weighted by atomic mass is 10.1. The molecular formula is C30H33ClN2O6. The SMILES string of the molecule is CN(CCCCCCOc1cc(O)c2c(=O)c3ccccc3oc2c1)Cc1ccc(OC(=O)NCCCl)cc1. The molecule has 0 radical (unpaired) electrons. The molecule has 0 atom stereocenters. The van der Waals surface area contributed by atoms with Crippen LogP contribution in [-0.4, -0.2) is 48.7 Å². The maximum absolute atomic E-state index is 12.7. The van der Waals surface area contributed by atoms with Gasteiger partial charge in [0.25, 0.3) is 0 Å². The Morgan fingerprint density at radius 1 is 1.00 bits per heavy atom. The van der Waals surface area contributed by atoms with Crippen molar-refractivity contribution in [3.63, 3.8) is 0 Å². The first-order valence-electron chi connectivity index (χ1n) is 13.0. The first kappa shape index (κ1) is 28.3. The van der Waals surface area contributed by atoms with Crippen LogP contribution in [0.4, 0.5) is 4.79 Å². The first-order valence-corrected chi connectivity index (χ1v) is 13.6. The Labute approximate surface area is 232 Å². The Bertz CT molecular complexity index is 1450. The third-order valence-corrected chi connectivity index (χ3v) is 6.48. The molecule has 206 valence electrons. The molecule has 0 aliphatic carbocycles. The van der Waals surface area contributed by atoms with E-state index in [1.165, 1.54) is 6.07 Å². The fraction of sp³-hybridized carbons (Fsp3) is 0.333. The van der Waals surface area contributed by atoms with Crippen LogP contribution in [0, 0.1) is 0 Å². The number of amides is 1. The monoisotopic (exact) mass is 552 g/mol. The van der Waals surface area contributed by atoms with Gasteiger partial charge in [0.15, 0.2) is 0 Å². The molecule has 1 amide bonds. The second-order valence-electron chi connectivity index (χ2n) is 9.39. The number of aromatic hydroxyl groups is 1. The summed E-state index contributed by atoms with van der Waals surface area (Å²) >= 11 is 5.55. The van der Waals surface area contributed by atoms with E-state index in [2.05, 4.69) is 17.3 Å². The Hall–Kier alpha value is -3.75. The van der Waals surface area contributed by atoms with Crippen molar-refractivity contribution in [2.45, 2.75) is 32.2 Å². The molecule has 9 heteroatoms. The average Bonchev–Trinajstić information content (AvgIpc) is 2.92. The fourth-order valence-electron chi connectivity index (χ4n) is 4.34. The number of benzene rings is 3. The minimum absolute atomic E-state index is 0.139. The molecule has 3 aromatic carbocycles. The van der Waals surface area contributed by atoms with E-state index in [0.717, 1.165) is 44.3 Å². The number of unbranched alkanes of at least 4 members (excludes halogenated alkanes) is 3. The third-order valence-electron chi connectivity index (χ3n) is 6.29. The number of fused-ring (bicyclic) bond motifs is 2. The van der Waals surface area contributed by atoms with Crippen LogP contribution in [0.3, 0.4) is 0 Å². The highest BCUT2D eigenvalue weighted by Gasteiger charge is 2.13. The number of halogens is 1. The molecule has 0 aliphatic heterocycles. The second kappa shape index (κ2) is 13.9. The third kappa shape index (κ3) is 7.88. The number of nitrogens with one attached hydrogen (secondary N) is 1. The van der Waals surface area contributed by atoms with Crippen LogP contribution in [-0.2, 0) is 6.54 Å². The van der Waals surface area contributed by atoms with Crippen molar-refractivity contribution in [3.05, 3.63) is 76.5 Å². The van der Waals surface area contributed by atoms with Crippen LogP contribution in [0.15, 0.2) is 69.9 Å². The summed E-state index contributed by atoms with van der Waals surface area (Å²) in [5.41, 5.74) is 1.67. The molecule has 4 rings (SSSR count). The van der Waals surface area contributed by atoms with Crippen molar-refractivity contribution in [2.75, 3.05) is 32.6 Å². The lowest BCUT2D eigenvalue weighted by molar-refractivity contribution is 0.201. The number of alkyl halides is 1. The number of rotatable bonds is 13. The van der Waals surface area contributed by atoms with Crippen molar-refractivity contribution >= 4 is 39.6 Å². The van der Waals surface area contributed by atoms with Crippen LogP contribution in [0.25, 0.3) is 21.9 Å². The summed E-state index contributed by atoms with van der Waals surface area (Å²) in [7, 11) is 2.08. The summed E-state index contributed by atoms with van der Waals surface area (Å²) in [5, 5.41) is 13.6. The van der Waals surface area contributed by atoms with Gasteiger partial charge in [0.1, 0.15) is 33.8 Å². The lowest BCUT2D eigenvalue weighted by Crippen LogP contribution is -2.28. The molecule has 0 aliphatic rings.